The minimum atomic E-state index is -3.82. The number of benzene rings is 2. The number of hydrogen-bond donors (Lipinski definition) is 0. The Hall–Kier alpha value is -3.23. The lowest BCUT2D eigenvalue weighted by Crippen LogP contribution is -2.32. The van der Waals surface area contributed by atoms with Gasteiger partial charge in [-0.15, -0.1) is 10.2 Å². The number of rotatable bonds is 8. The highest BCUT2D eigenvalue weighted by Gasteiger charge is 2.28. The Morgan fingerprint density at radius 3 is 2.42 bits per heavy atom. The normalized spacial score (nSPS) is 11.5. The van der Waals surface area contributed by atoms with Crippen LogP contribution < -0.4 is 4.31 Å². The number of sulfonamides is 1. The Morgan fingerprint density at radius 2 is 1.73 bits per heavy atom. The molecule has 0 radical (unpaired) electrons. The zero-order valence-electron chi connectivity index (χ0n) is 18.4. The van der Waals surface area contributed by atoms with E-state index < -0.39 is 10.0 Å². The molecule has 0 aliphatic rings. The van der Waals surface area contributed by atoms with E-state index in [9.17, 15) is 8.42 Å². The highest BCUT2D eigenvalue weighted by atomic mass is 35.5. The molecular formula is C24H24ClN5O2S. The van der Waals surface area contributed by atoms with E-state index in [1.165, 1.54) is 4.31 Å². The van der Waals surface area contributed by atoms with Crippen molar-refractivity contribution in [1.29, 1.82) is 0 Å². The van der Waals surface area contributed by atoms with Gasteiger partial charge in [-0.2, -0.15) is 0 Å². The minimum Gasteiger partial charge on any atom is -0.279 e. The van der Waals surface area contributed by atoms with Crippen LogP contribution in [0.25, 0.3) is 17.1 Å². The average Bonchev–Trinajstić information content (AvgIpc) is 3.22. The summed E-state index contributed by atoms with van der Waals surface area (Å²) >= 11 is 6.38. The average molecular weight is 482 g/mol. The van der Waals surface area contributed by atoms with Crippen molar-refractivity contribution in [2.24, 2.45) is 0 Å². The molecule has 0 saturated heterocycles. The van der Waals surface area contributed by atoms with E-state index >= 15 is 0 Å². The van der Waals surface area contributed by atoms with Crippen LogP contribution in [0, 0.1) is 6.92 Å². The molecule has 0 bridgehead atoms. The Balaban J connectivity index is 1.93. The second kappa shape index (κ2) is 9.72. The van der Waals surface area contributed by atoms with Crippen LogP contribution in [0.4, 0.5) is 5.69 Å². The van der Waals surface area contributed by atoms with Gasteiger partial charge in [-0.05, 0) is 55.8 Å². The minimum absolute atomic E-state index is 0.230. The molecule has 0 unspecified atom stereocenters. The molecule has 7 nitrogen and oxygen atoms in total. The second-order valence-corrected chi connectivity index (χ2v) is 9.82. The van der Waals surface area contributed by atoms with Crippen molar-refractivity contribution in [3.05, 3.63) is 83.9 Å². The van der Waals surface area contributed by atoms with Crippen molar-refractivity contribution in [3.8, 4) is 17.1 Å². The zero-order chi connectivity index (χ0) is 23.4. The molecule has 0 N–H and O–H groups in total. The smallest absolute Gasteiger partial charge is 0.264 e. The lowest BCUT2D eigenvalue weighted by atomic mass is 10.1. The number of unbranched alkanes of at least 4 members (excludes halogenated alkanes) is 1. The molecule has 33 heavy (non-hydrogen) atoms. The number of anilines is 1. The van der Waals surface area contributed by atoms with Crippen molar-refractivity contribution in [2.45, 2.75) is 31.6 Å². The molecule has 2 aromatic heterocycles. The van der Waals surface area contributed by atoms with Gasteiger partial charge in [-0.25, -0.2) is 8.42 Å². The number of pyridine rings is 1. The largest absolute Gasteiger partial charge is 0.279 e. The number of aromatic nitrogens is 4. The fourth-order valence-corrected chi connectivity index (χ4v) is 5.35. The maximum Gasteiger partial charge on any atom is 0.264 e. The molecular weight excluding hydrogens is 458 g/mol. The molecule has 4 rings (SSSR count). The van der Waals surface area contributed by atoms with Crippen molar-refractivity contribution >= 4 is 27.3 Å². The summed E-state index contributed by atoms with van der Waals surface area (Å²) in [5.74, 6) is 1.16. The van der Waals surface area contributed by atoms with Crippen LogP contribution in [0.15, 0.2) is 78.0 Å². The maximum absolute atomic E-state index is 13.7. The number of hydrogen-bond acceptors (Lipinski definition) is 5. The second-order valence-electron chi connectivity index (χ2n) is 7.52. The maximum atomic E-state index is 13.7. The van der Waals surface area contributed by atoms with Gasteiger partial charge in [0.25, 0.3) is 10.0 Å². The molecule has 9 heteroatoms. The first-order chi connectivity index (χ1) is 15.9. The molecule has 2 heterocycles. The highest BCUT2D eigenvalue weighted by Crippen LogP contribution is 2.36. The Kier molecular flexibility index (Phi) is 6.76. The molecule has 170 valence electrons. The van der Waals surface area contributed by atoms with Gasteiger partial charge >= 0.3 is 0 Å². The molecule has 4 aromatic rings. The summed E-state index contributed by atoms with van der Waals surface area (Å²) in [7, 11) is -3.82. The summed E-state index contributed by atoms with van der Waals surface area (Å²) in [6.07, 6.45) is 4.91. The van der Waals surface area contributed by atoms with Gasteiger partial charge in [0.1, 0.15) is 5.82 Å². The number of aryl methyl sites for hydroxylation is 1. The van der Waals surface area contributed by atoms with Crippen molar-refractivity contribution < 1.29 is 8.42 Å². The first-order valence-corrected chi connectivity index (χ1v) is 12.5. The topological polar surface area (TPSA) is 81.0 Å². The van der Waals surface area contributed by atoms with E-state index in [1.54, 1.807) is 60.9 Å². The summed E-state index contributed by atoms with van der Waals surface area (Å²) in [6, 6.07) is 17.3. The summed E-state index contributed by atoms with van der Waals surface area (Å²) < 4.78 is 30.7. The fraction of sp³-hybridized carbons (Fsp3) is 0.208. The first-order valence-electron chi connectivity index (χ1n) is 10.6. The van der Waals surface area contributed by atoms with E-state index in [0.29, 0.717) is 40.9 Å². The Morgan fingerprint density at radius 1 is 1.00 bits per heavy atom. The predicted octanol–water partition coefficient (Wildman–Crippen LogP) is 5.29. The molecule has 0 saturated carbocycles. The molecule has 0 amide bonds. The standard InChI is InChI=1S/C24H24ClN5O2S/c1-3-4-16-29(33(31,32)21-8-6-5-7-9-21)23-11-10-19(25)17-22(23)24-28-27-18(2)30(24)20-12-14-26-15-13-20/h5-15,17H,3-4,16H2,1-2H3. The van der Waals surface area contributed by atoms with E-state index in [2.05, 4.69) is 15.2 Å². The monoisotopic (exact) mass is 481 g/mol. The SMILES string of the molecule is CCCCN(c1ccc(Cl)cc1-c1nnc(C)n1-c1ccncc1)S(=O)(=O)c1ccccc1. The van der Waals surface area contributed by atoms with Crippen LogP contribution in [-0.2, 0) is 10.0 Å². The summed E-state index contributed by atoms with van der Waals surface area (Å²) in [5.41, 5.74) is 1.90. The van der Waals surface area contributed by atoms with E-state index in [1.807, 2.05) is 30.5 Å². The third-order valence-corrected chi connectivity index (χ3v) is 7.32. The van der Waals surface area contributed by atoms with Crippen LogP contribution in [-0.4, -0.2) is 34.7 Å². The van der Waals surface area contributed by atoms with Crippen LogP contribution >= 0.6 is 11.6 Å². The molecule has 0 aliphatic heterocycles. The van der Waals surface area contributed by atoms with Gasteiger partial charge in [0.2, 0.25) is 0 Å². The lowest BCUT2D eigenvalue weighted by Gasteiger charge is -2.27. The summed E-state index contributed by atoms with van der Waals surface area (Å²) in [5, 5.41) is 9.13. The van der Waals surface area contributed by atoms with Crippen molar-refractivity contribution in [1.82, 2.24) is 19.7 Å². The summed E-state index contributed by atoms with van der Waals surface area (Å²) in [6.45, 7) is 4.20. The van der Waals surface area contributed by atoms with Crippen molar-refractivity contribution in [3.63, 3.8) is 0 Å². The van der Waals surface area contributed by atoms with Gasteiger partial charge in [0.05, 0.1) is 16.3 Å². The number of nitrogens with zero attached hydrogens (tertiary/aromatic N) is 5. The van der Waals surface area contributed by atoms with Crippen LogP contribution in [0.1, 0.15) is 25.6 Å². The molecule has 2 aromatic carbocycles. The first kappa shape index (κ1) is 22.9. The quantitative estimate of drug-likeness (QED) is 0.341. The van der Waals surface area contributed by atoms with Gasteiger partial charge in [-0.3, -0.25) is 13.9 Å². The lowest BCUT2D eigenvalue weighted by molar-refractivity contribution is 0.588. The predicted molar refractivity (Wildman–Crippen MR) is 130 cm³/mol. The molecule has 0 atom stereocenters. The third kappa shape index (κ3) is 4.62. The van der Waals surface area contributed by atoms with Crippen LogP contribution in [0.5, 0.6) is 0 Å². The molecule has 0 aliphatic carbocycles. The van der Waals surface area contributed by atoms with Crippen LogP contribution in [0.3, 0.4) is 0 Å². The van der Waals surface area contributed by atoms with Gasteiger partial charge in [0.15, 0.2) is 5.82 Å². The van der Waals surface area contributed by atoms with Gasteiger partial charge < -0.3 is 0 Å². The van der Waals surface area contributed by atoms with Gasteiger partial charge in [-0.1, -0.05) is 43.1 Å². The van der Waals surface area contributed by atoms with Crippen molar-refractivity contribution in [2.75, 3.05) is 10.8 Å². The van der Waals surface area contributed by atoms with Gasteiger partial charge in [0, 0.05) is 29.5 Å². The van der Waals surface area contributed by atoms with E-state index in [-0.39, 0.29) is 4.90 Å². The Labute approximate surface area is 198 Å². The van der Waals surface area contributed by atoms with E-state index in [0.717, 1.165) is 12.1 Å². The molecule has 0 fully saturated rings. The zero-order valence-corrected chi connectivity index (χ0v) is 20.0. The number of halogens is 1. The molecule has 0 spiro atoms. The third-order valence-electron chi connectivity index (χ3n) is 5.26. The Bertz CT molecular complexity index is 1340. The fourth-order valence-electron chi connectivity index (χ4n) is 3.64. The summed E-state index contributed by atoms with van der Waals surface area (Å²) in [4.78, 5) is 4.31. The van der Waals surface area contributed by atoms with Crippen LogP contribution in [0.2, 0.25) is 5.02 Å². The highest BCUT2D eigenvalue weighted by molar-refractivity contribution is 7.92. The van der Waals surface area contributed by atoms with E-state index in [4.69, 9.17) is 11.6 Å².